The van der Waals surface area contributed by atoms with E-state index >= 15 is 0 Å². The van der Waals surface area contributed by atoms with Gasteiger partial charge in [0.15, 0.2) is 5.82 Å². The van der Waals surface area contributed by atoms with Gasteiger partial charge >= 0.3 is 12.6 Å². The van der Waals surface area contributed by atoms with Crippen molar-refractivity contribution in [3.05, 3.63) is 42.5 Å². The van der Waals surface area contributed by atoms with E-state index in [1.54, 1.807) is 25.4 Å². The number of hydrogen-bond donors (Lipinski definition) is 2. The highest BCUT2D eigenvalue weighted by molar-refractivity contribution is 5.89. The van der Waals surface area contributed by atoms with Crippen LogP contribution in [-0.2, 0) is 0 Å². The van der Waals surface area contributed by atoms with Gasteiger partial charge in [-0.2, -0.15) is 23.7 Å². The number of aromatic nitrogens is 7. The van der Waals surface area contributed by atoms with Crippen LogP contribution in [0, 0.1) is 6.92 Å². The van der Waals surface area contributed by atoms with Gasteiger partial charge in [0, 0.05) is 12.4 Å². The quantitative estimate of drug-likeness (QED) is 0.715. The summed E-state index contributed by atoms with van der Waals surface area (Å²) in [6.07, 6.45) is 5.59. The van der Waals surface area contributed by atoms with Gasteiger partial charge in [-0.3, -0.25) is 0 Å². The van der Waals surface area contributed by atoms with Crippen molar-refractivity contribution in [2.45, 2.75) is 26.4 Å². The predicted octanol–water partition coefficient (Wildman–Crippen LogP) is 1.84. The van der Waals surface area contributed by atoms with E-state index in [0.29, 0.717) is 16.5 Å². The molecule has 136 valence electrons. The Bertz CT molecular complexity index is 893. The second-order valence-electron chi connectivity index (χ2n) is 5.26. The van der Waals surface area contributed by atoms with Crippen LogP contribution >= 0.6 is 0 Å². The molecule has 26 heavy (non-hydrogen) atoms. The highest BCUT2D eigenvalue weighted by Gasteiger charge is 2.20. The molecule has 0 spiro atoms. The molecule has 2 N–H and O–H groups in total. The first-order valence-corrected chi connectivity index (χ1v) is 7.54. The van der Waals surface area contributed by atoms with Crippen molar-refractivity contribution in [2.75, 3.05) is 5.32 Å². The zero-order valence-corrected chi connectivity index (χ0v) is 13.8. The van der Waals surface area contributed by atoms with Gasteiger partial charge in [0.1, 0.15) is 6.33 Å². The van der Waals surface area contributed by atoms with Crippen molar-refractivity contribution in [1.82, 2.24) is 39.8 Å². The molecule has 0 fully saturated rings. The summed E-state index contributed by atoms with van der Waals surface area (Å²) in [6, 6.07) is 0.515. The van der Waals surface area contributed by atoms with Gasteiger partial charge in [-0.25, -0.2) is 24.4 Å². The first-order chi connectivity index (χ1) is 12.5. The summed E-state index contributed by atoms with van der Waals surface area (Å²) in [6.45, 7) is 0.344. The molecule has 3 aromatic heterocycles. The lowest BCUT2D eigenvalue weighted by Crippen LogP contribution is -2.32. The molecule has 0 saturated carbocycles. The van der Waals surface area contributed by atoms with Crippen LogP contribution < -0.4 is 10.6 Å². The molecular formula is C14H15F2N9O. The SMILES string of the molecule is Cc1c(NC(=O)N[C@@H](C)c2ncnn2-c2ncccn2)cnn1C(F)F. The van der Waals surface area contributed by atoms with E-state index in [-0.39, 0.29) is 11.4 Å². The number of urea groups is 1. The number of alkyl halides is 2. The minimum Gasteiger partial charge on any atom is -0.328 e. The maximum atomic E-state index is 12.7. The molecule has 10 nitrogen and oxygen atoms in total. The van der Waals surface area contributed by atoms with Crippen LogP contribution in [0.5, 0.6) is 0 Å². The second-order valence-corrected chi connectivity index (χ2v) is 5.26. The molecule has 12 heteroatoms. The van der Waals surface area contributed by atoms with Gasteiger partial charge in [0.2, 0.25) is 0 Å². The van der Waals surface area contributed by atoms with Gasteiger partial charge in [0.25, 0.3) is 5.95 Å². The Hall–Kier alpha value is -3.44. The Balaban J connectivity index is 1.70. The van der Waals surface area contributed by atoms with Crippen molar-refractivity contribution >= 4 is 11.7 Å². The van der Waals surface area contributed by atoms with Crippen LogP contribution in [0.25, 0.3) is 5.95 Å². The summed E-state index contributed by atoms with van der Waals surface area (Å²) < 4.78 is 27.4. The summed E-state index contributed by atoms with van der Waals surface area (Å²) in [5.41, 5.74) is 0.325. The van der Waals surface area contributed by atoms with Gasteiger partial charge in [-0.1, -0.05) is 0 Å². The molecule has 0 unspecified atom stereocenters. The van der Waals surface area contributed by atoms with E-state index in [4.69, 9.17) is 0 Å². The molecule has 1 atom stereocenters. The van der Waals surface area contributed by atoms with E-state index in [9.17, 15) is 13.6 Å². The normalized spacial score (nSPS) is 12.2. The highest BCUT2D eigenvalue weighted by Crippen LogP contribution is 2.20. The fraction of sp³-hybridized carbons (Fsp3) is 0.286. The molecule has 0 bridgehead atoms. The minimum absolute atomic E-state index is 0.142. The molecule has 0 aliphatic carbocycles. The number of nitrogens with zero attached hydrogens (tertiary/aromatic N) is 7. The molecular weight excluding hydrogens is 348 g/mol. The number of hydrogen-bond acceptors (Lipinski definition) is 6. The average molecular weight is 363 g/mol. The molecule has 3 heterocycles. The number of nitrogens with one attached hydrogen (secondary N) is 2. The molecule has 3 aromatic rings. The lowest BCUT2D eigenvalue weighted by atomic mass is 10.3. The monoisotopic (exact) mass is 363 g/mol. The van der Waals surface area contributed by atoms with Crippen LogP contribution in [0.2, 0.25) is 0 Å². The van der Waals surface area contributed by atoms with Crippen molar-refractivity contribution in [3.63, 3.8) is 0 Å². The molecule has 0 aromatic carbocycles. The molecule has 3 rings (SSSR count). The topological polar surface area (TPSA) is 115 Å². The van der Waals surface area contributed by atoms with Crippen molar-refractivity contribution in [3.8, 4) is 5.95 Å². The zero-order chi connectivity index (χ0) is 18.7. The smallest absolute Gasteiger partial charge is 0.328 e. The van der Waals surface area contributed by atoms with E-state index in [1.165, 1.54) is 17.9 Å². The summed E-state index contributed by atoms with van der Waals surface area (Å²) in [4.78, 5) is 24.4. The van der Waals surface area contributed by atoms with Crippen LogP contribution in [0.3, 0.4) is 0 Å². The van der Waals surface area contributed by atoms with E-state index in [2.05, 4.69) is 35.8 Å². The molecule has 0 saturated heterocycles. The van der Waals surface area contributed by atoms with Gasteiger partial charge < -0.3 is 10.6 Å². The fourth-order valence-electron chi connectivity index (χ4n) is 2.26. The highest BCUT2D eigenvalue weighted by atomic mass is 19.3. The number of halogens is 2. The van der Waals surface area contributed by atoms with E-state index < -0.39 is 18.6 Å². The minimum atomic E-state index is -2.78. The second kappa shape index (κ2) is 7.21. The Labute approximate surface area is 146 Å². The summed E-state index contributed by atoms with van der Waals surface area (Å²) in [5.74, 6) is 0.717. The Morgan fingerprint density at radius 2 is 1.92 bits per heavy atom. The van der Waals surface area contributed by atoms with E-state index in [0.717, 1.165) is 6.20 Å². The Morgan fingerprint density at radius 3 is 2.58 bits per heavy atom. The van der Waals surface area contributed by atoms with Crippen LogP contribution in [0.15, 0.2) is 31.0 Å². The van der Waals surface area contributed by atoms with Crippen molar-refractivity contribution < 1.29 is 13.6 Å². The van der Waals surface area contributed by atoms with Crippen molar-refractivity contribution in [2.24, 2.45) is 0 Å². The number of rotatable bonds is 5. The number of carbonyl (C=O) groups is 1. The standard InChI is InChI=1S/C14H15F2N9O/c1-8(11-19-7-21-25(11)13-17-4-3-5-18-13)22-14(26)23-10-6-20-24(9(10)2)12(15)16/h3-8,12H,1-2H3,(H2,22,23,26)/t8-/m0/s1. The van der Waals surface area contributed by atoms with Gasteiger partial charge in [-0.15, -0.1) is 0 Å². The first-order valence-electron chi connectivity index (χ1n) is 7.54. The molecule has 0 radical (unpaired) electrons. The average Bonchev–Trinajstić information content (AvgIpc) is 3.23. The first kappa shape index (κ1) is 17.4. The third kappa shape index (κ3) is 3.48. The molecule has 0 aliphatic rings. The maximum absolute atomic E-state index is 12.7. The zero-order valence-electron chi connectivity index (χ0n) is 13.8. The third-order valence-corrected chi connectivity index (χ3v) is 3.53. The van der Waals surface area contributed by atoms with E-state index in [1.807, 2.05) is 0 Å². The summed E-state index contributed by atoms with van der Waals surface area (Å²) in [7, 11) is 0. The Kier molecular flexibility index (Phi) is 4.82. The number of amides is 2. The molecule has 0 aliphatic heterocycles. The van der Waals surface area contributed by atoms with Crippen LogP contribution in [-0.4, -0.2) is 40.5 Å². The van der Waals surface area contributed by atoms with Gasteiger partial charge in [0.05, 0.1) is 23.6 Å². The third-order valence-electron chi connectivity index (χ3n) is 3.53. The van der Waals surface area contributed by atoms with Crippen LogP contribution in [0.4, 0.5) is 19.3 Å². The number of carbonyl (C=O) groups excluding carboxylic acids is 1. The fourth-order valence-corrected chi connectivity index (χ4v) is 2.26. The predicted molar refractivity (Wildman–Crippen MR) is 85.7 cm³/mol. The van der Waals surface area contributed by atoms with Crippen molar-refractivity contribution in [1.29, 1.82) is 0 Å². The van der Waals surface area contributed by atoms with Crippen LogP contribution in [0.1, 0.15) is 31.0 Å². The Morgan fingerprint density at radius 1 is 1.19 bits per heavy atom. The maximum Gasteiger partial charge on any atom is 0.333 e. The van der Waals surface area contributed by atoms with Gasteiger partial charge in [-0.05, 0) is 19.9 Å². The summed E-state index contributed by atoms with van der Waals surface area (Å²) >= 11 is 0. The lowest BCUT2D eigenvalue weighted by Gasteiger charge is -2.14. The lowest BCUT2D eigenvalue weighted by molar-refractivity contribution is 0.0545. The largest absolute Gasteiger partial charge is 0.333 e. The molecule has 2 amide bonds. The number of anilines is 1. The summed E-state index contributed by atoms with van der Waals surface area (Å²) in [5, 5.41) is 12.7.